The van der Waals surface area contributed by atoms with Crippen molar-refractivity contribution >= 4 is 27.0 Å². The molecule has 0 aromatic heterocycles. The zero-order valence-corrected chi connectivity index (χ0v) is 6.34. The third-order valence-electron chi connectivity index (χ3n) is 0. The molecule has 0 aromatic carbocycles. The molecule has 4 heteroatoms. The van der Waals surface area contributed by atoms with Gasteiger partial charge in [-0.05, 0) is 0 Å². The fraction of sp³-hybridized carbons (Fsp3) is 0. The molecule has 0 fully saturated rings. The van der Waals surface area contributed by atoms with Crippen LogP contribution in [0.4, 0.5) is 0 Å². The predicted octanol–water partition coefficient (Wildman–Crippen LogP) is -3.98. The molecule has 0 aliphatic rings. The molecule has 4 heavy (non-hydrogen) atoms. The Hall–Kier alpha value is 1.66. The molecule has 0 saturated heterocycles. The monoisotopic (exact) mass is 108 g/mol. The van der Waals surface area contributed by atoms with Crippen molar-refractivity contribution in [3.63, 3.8) is 0 Å². The summed E-state index contributed by atoms with van der Waals surface area (Å²) in [7, 11) is 0. The standard InChI is InChI=1S/Na.H2O.2H2S/h;3*1H2/q+1;;;/p-1. The van der Waals surface area contributed by atoms with Crippen LogP contribution >= 0.6 is 13.5 Å². The first-order valence-corrected chi connectivity index (χ1v) is 0. The Labute approximate surface area is 61.6 Å². The van der Waals surface area contributed by atoms with Crippen molar-refractivity contribution in [2.24, 2.45) is 0 Å². The van der Waals surface area contributed by atoms with Gasteiger partial charge in [0.2, 0.25) is 0 Å². The van der Waals surface area contributed by atoms with E-state index < -0.39 is 0 Å². The molecule has 0 rings (SSSR count). The van der Waals surface area contributed by atoms with Crippen LogP contribution in [0.15, 0.2) is 0 Å². The molecule has 0 radical (unpaired) electrons. The van der Waals surface area contributed by atoms with Gasteiger partial charge in [0.25, 0.3) is 0 Å². The molecular weight excluding hydrogens is 103 g/mol. The summed E-state index contributed by atoms with van der Waals surface area (Å²) in [6.45, 7) is 0. The van der Waals surface area contributed by atoms with E-state index in [4.69, 9.17) is 0 Å². The van der Waals surface area contributed by atoms with Gasteiger partial charge in [0.05, 0.1) is 0 Å². The van der Waals surface area contributed by atoms with Gasteiger partial charge in [0.15, 0.2) is 0 Å². The molecule has 0 aromatic rings. The smallest absolute Gasteiger partial charge is 0.813 e. The van der Waals surface area contributed by atoms with Crippen molar-refractivity contribution in [3.05, 3.63) is 0 Å². The Kier molecular flexibility index (Phi) is 253. The zero-order valence-electron chi connectivity index (χ0n) is 2.45. The first kappa shape index (κ1) is 44.6. The van der Waals surface area contributed by atoms with Crippen LogP contribution < -0.4 is 29.6 Å². The summed E-state index contributed by atoms with van der Waals surface area (Å²) >= 11 is 0. The van der Waals surface area contributed by atoms with Gasteiger partial charge in [0, 0.05) is 0 Å². The Morgan fingerprint density at radius 2 is 1.00 bits per heavy atom. The minimum absolute atomic E-state index is 0. The summed E-state index contributed by atoms with van der Waals surface area (Å²) < 4.78 is 0. The second-order valence-electron chi connectivity index (χ2n) is 0. The van der Waals surface area contributed by atoms with E-state index in [1.807, 2.05) is 0 Å². The van der Waals surface area contributed by atoms with Gasteiger partial charge in [0.1, 0.15) is 0 Å². The van der Waals surface area contributed by atoms with Crippen LogP contribution in [0.3, 0.4) is 0 Å². The van der Waals surface area contributed by atoms with Crippen molar-refractivity contribution in [1.82, 2.24) is 0 Å². The summed E-state index contributed by atoms with van der Waals surface area (Å²) in [5, 5.41) is 0. The minimum atomic E-state index is 0. The molecule has 0 aliphatic carbocycles. The van der Waals surface area contributed by atoms with Gasteiger partial charge in [-0.15, -0.1) is 0 Å². The Morgan fingerprint density at radius 1 is 1.00 bits per heavy atom. The topological polar surface area (TPSA) is 31.5 Å². The number of rotatable bonds is 0. The molecule has 0 amide bonds. The Balaban J connectivity index is 0. The van der Waals surface area contributed by atoms with Gasteiger partial charge in [-0.3, -0.25) is 0 Å². The predicted molar refractivity (Wildman–Crippen MR) is 22.8 cm³/mol. The van der Waals surface area contributed by atoms with Crippen molar-refractivity contribution in [2.75, 3.05) is 0 Å². The molecule has 1 nitrogen and oxygen atoms in total. The van der Waals surface area contributed by atoms with Crippen molar-refractivity contribution in [3.8, 4) is 0 Å². The molecule has 24 valence electrons. The van der Waals surface area contributed by atoms with Gasteiger partial charge in [-0.1, -0.05) is 0 Å². The average Bonchev–Trinajstić information content (AvgIpc) is 0. The summed E-state index contributed by atoms with van der Waals surface area (Å²) in [6.07, 6.45) is 0. The number of thiol groups is 1. The first-order chi connectivity index (χ1) is 0. The van der Waals surface area contributed by atoms with E-state index in [2.05, 4.69) is 0 Å². The summed E-state index contributed by atoms with van der Waals surface area (Å²) in [6, 6.07) is 0. The van der Waals surface area contributed by atoms with E-state index in [1.165, 1.54) is 0 Å². The van der Waals surface area contributed by atoms with Crippen LogP contribution in [0.25, 0.3) is 0 Å². The number of hydrogen-bond donors (Lipinski definition) is 0. The van der Waals surface area contributed by atoms with Gasteiger partial charge >= 0.3 is 29.6 Å². The van der Waals surface area contributed by atoms with Crippen molar-refractivity contribution in [2.45, 2.75) is 0 Å². The second-order valence-corrected chi connectivity index (χ2v) is 0. The van der Waals surface area contributed by atoms with E-state index in [0.717, 1.165) is 0 Å². The minimum Gasteiger partial charge on any atom is -0.813 e. The summed E-state index contributed by atoms with van der Waals surface area (Å²) in [5.41, 5.74) is 0. The normalized spacial score (nSPS) is 0. The van der Waals surface area contributed by atoms with Crippen LogP contribution in [0.1, 0.15) is 0 Å². The fourth-order valence-electron chi connectivity index (χ4n) is 0. The van der Waals surface area contributed by atoms with E-state index in [1.54, 1.807) is 0 Å². The van der Waals surface area contributed by atoms with Crippen LogP contribution in [-0.4, -0.2) is 5.48 Å². The molecular formula is H5NaOS2. The van der Waals surface area contributed by atoms with Gasteiger partial charge < -0.3 is 19.0 Å². The maximum Gasteiger partial charge on any atom is 1.00 e. The van der Waals surface area contributed by atoms with Crippen molar-refractivity contribution in [1.29, 1.82) is 0 Å². The second kappa shape index (κ2) is 22.7. The van der Waals surface area contributed by atoms with E-state index in [-0.39, 0.29) is 62.0 Å². The summed E-state index contributed by atoms with van der Waals surface area (Å²) in [4.78, 5) is 0. The first-order valence-electron chi connectivity index (χ1n) is 0. The molecule has 0 aliphatic heterocycles. The van der Waals surface area contributed by atoms with E-state index in [9.17, 15) is 0 Å². The third kappa shape index (κ3) is 9.40. The average molecular weight is 108 g/mol. The Morgan fingerprint density at radius 3 is 1.00 bits per heavy atom. The Bertz CT molecular complexity index is 6.00. The molecule has 0 unspecified atom stereocenters. The maximum absolute atomic E-state index is 0. The molecule has 0 spiro atoms. The molecule has 0 bridgehead atoms. The molecule has 0 saturated carbocycles. The van der Waals surface area contributed by atoms with Gasteiger partial charge in [-0.2, -0.15) is 13.5 Å². The summed E-state index contributed by atoms with van der Waals surface area (Å²) in [5.74, 6) is 0. The molecule has 0 atom stereocenters. The third-order valence-corrected chi connectivity index (χ3v) is 0. The van der Waals surface area contributed by atoms with Crippen LogP contribution in [-0.2, 0) is 13.5 Å². The maximum atomic E-state index is 0. The van der Waals surface area contributed by atoms with Crippen LogP contribution in [0.2, 0.25) is 0 Å². The van der Waals surface area contributed by atoms with Crippen molar-refractivity contribution < 1.29 is 35.0 Å². The van der Waals surface area contributed by atoms with Crippen LogP contribution in [0, 0.1) is 0 Å². The fourth-order valence-corrected chi connectivity index (χ4v) is 0. The molecule has 2 N–H and O–H groups in total. The SMILES string of the molecule is O.S.[Na+].[SH-]. The molecule has 0 heterocycles. The van der Waals surface area contributed by atoms with Gasteiger partial charge in [-0.25, -0.2) is 0 Å². The zero-order chi connectivity index (χ0) is 0. The largest absolute Gasteiger partial charge is 1.00 e. The quantitative estimate of drug-likeness (QED) is 0.177. The van der Waals surface area contributed by atoms with E-state index >= 15 is 0 Å². The van der Waals surface area contributed by atoms with E-state index in [0.29, 0.717) is 0 Å². The van der Waals surface area contributed by atoms with Crippen LogP contribution in [0.5, 0.6) is 0 Å². The number of hydrogen-bond acceptors (Lipinski definition) is 1.